The van der Waals surface area contributed by atoms with Crippen LogP contribution in [0.1, 0.15) is 30.1 Å². The molecule has 0 saturated heterocycles. The molecule has 2 aromatic rings. The summed E-state index contributed by atoms with van der Waals surface area (Å²) >= 11 is 1.50. The van der Waals surface area contributed by atoms with Crippen molar-refractivity contribution in [1.82, 2.24) is 5.32 Å². The van der Waals surface area contributed by atoms with Gasteiger partial charge in [0.1, 0.15) is 5.82 Å². The molecule has 1 unspecified atom stereocenters. The number of aliphatic hydroxyl groups excluding tert-OH is 1. The smallest absolute Gasteiger partial charge is 0.230 e. The van der Waals surface area contributed by atoms with Crippen molar-refractivity contribution in [3.63, 3.8) is 0 Å². The second-order valence-electron chi connectivity index (χ2n) is 5.34. The van der Waals surface area contributed by atoms with Gasteiger partial charge in [-0.1, -0.05) is 18.2 Å². The zero-order valence-corrected chi connectivity index (χ0v) is 12.2. The first kappa shape index (κ1) is 14.2. The molecular formula is C16H16FNO2S. The van der Waals surface area contributed by atoms with E-state index in [4.69, 9.17) is 0 Å². The van der Waals surface area contributed by atoms with E-state index in [9.17, 15) is 14.3 Å². The van der Waals surface area contributed by atoms with E-state index < -0.39 is 11.5 Å². The fraction of sp³-hybridized carbons (Fsp3) is 0.312. The Kier molecular flexibility index (Phi) is 3.78. The third-order valence-corrected chi connectivity index (χ3v) is 4.66. The van der Waals surface area contributed by atoms with Crippen LogP contribution in [0.2, 0.25) is 0 Å². The number of aliphatic hydroxyl groups is 1. The van der Waals surface area contributed by atoms with Gasteiger partial charge in [-0.05, 0) is 41.3 Å². The van der Waals surface area contributed by atoms with Crippen molar-refractivity contribution >= 4 is 17.2 Å². The van der Waals surface area contributed by atoms with Crippen molar-refractivity contribution in [1.29, 1.82) is 0 Å². The molecule has 0 spiro atoms. The van der Waals surface area contributed by atoms with Crippen LogP contribution in [0.25, 0.3) is 0 Å². The Morgan fingerprint density at radius 2 is 2.14 bits per heavy atom. The molecule has 1 aromatic heterocycles. The Bertz CT molecular complexity index is 637. The average molecular weight is 305 g/mol. The van der Waals surface area contributed by atoms with Crippen LogP contribution in [0.15, 0.2) is 41.1 Å². The SMILES string of the molecule is O=C(NCC(O)c1ccsc1)C1(c2ccccc2F)CC1. The maximum atomic E-state index is 13.9. The standard InChI is InChI=1S/C16H16FNO2S/c17-13-4-2-1-3-12(13)16(6-7-16)15(20)18-9-14(19)11-5-8-21-10-11/h1-5,8,10,14,19H,6-7,9H2,(H,18,20). The molecule has 1 aromatic carbocycles. The minimum Gasteiger partial charge on any atom is -0.387 e. The molecule has 0 bridgehead atoms. The van der Waals surface area contributed by atoms with Gasteiger partial charge in [-0.3, -0.25) is 4.79 Å². The highest BCUT2D eigenvalue weighted by atomic mass is 32.1. The second kappa shape index (κ2) is 5.58. The van der Waals surface area contributed by atoms with Crippen LogP contribution >= 0.6 is 11.3 Å². The lowest BCUT2D eigenvalue weighted by Gasteiger charge is -2.18. The van der Waals surface area contributed by atoms with E-state index in [1.165, 1.54) is 17.4 Å². The Hall–Kier alpha value is -1.72. The first-order chi connectivity index (χ1) is 10.1. The van der Waals surface area contributed by atoms with Gasteiger partial charge in [-0.2, -0.15) is 11.3 Å². The van der Waals surface area contributed by atoms with E-state index in [1.807, 2.05) is 16.8 Å². The topological polar surface area (TPSA) is 49.3 Å². The van der Waals surface area contributed by atoms with Crippen LogP contribution in [-0.2, 0) is 10.2 Å². The number of carbonyl (C=O) groups is 1. The van der Waals surface area contributed by atoms with Crippen molar-refractivity contribution in [2.45, 2.75) is 24.4 Å². The van der Waals surface area contributed by atoms with Gasteiger partial charge in [0, 0.05) is 12.1 Å². The van der Waals surface area contributed by atoms with Gasteiger partial charge in [0.2, 0.25) is 5.91 Å². The zero-order chi connectivity index (χ0) is 14.9. The van der Waals surface area contributed by atoms with Gasteiger partial charge in [0.15, 0.2) is 0 Å². The van der Waals surface area contributed by atoms with Crippen LogP contribution in [0.4, 0.5) is 4.39 Å². The molecule has 2 N–H and O–H groups in total. The van der Waals surface area contributed by atoms with Crippen LogP contribution in [0.5, 0.6) is 0 Å². The van der Waals surface area contributed by atoms with Gasteiger partial charge in [0.25, 0.3) is 0 Å². The van der Waals surface area contributed by atoms with Gasteiger partial charge < -0.3 is 10.4 Å². The largest absolute Gasteiger partial charge is 0.387 e. The van der Waals surface area contributed by atoms with E-state index in [2.05, 4.69) is 5.32 Å². The molecule has 1 heterocycles. The molecule has 1 amide bonds. The molecule has 3 nitrogen and oxygen atoms in total. The van der Waals surface area contributed by atoms with E-state index in [0.29, 0.717) is 18.4 Å². The Balaban J connectivity index is 1.67. The van der Waals surface area contributed by atoms with E-state index in [-0.39, 0.29) is 18.3 Å². The average Bonchev–Trinajstić information content (AvgIpc) is 3.10. The number of nitrogens with one attached hydrogen (secondary N) is 1. The first-order valence-corrected chi connectivity index (χ1v) is 7.81. The van der Waals surface area contributed by atoms with Crippen molar-refractivity contribution in [2.24, 2.45) is 0 Å². The summed E-state index contributed by atoms with van der Waals surface area (Å²) in [6.45, 7) is 0.145. The Morgan fingerprint density at radius 3 is 2.76 bits per heavy atom. The fourth-order valence-corrected chi connectivity index (χ4v) is 3.24. The van der Waals surface area contributed by atoms with Crippen LogP contribution in [-0.4, -0.2) is 17.6 Å². The number of hydrogen-bond acceptors (Lipinski definition) is 3. The lowest BCUT2D eigenvalue weighted by molar-refractivity contribution is -0.124. The summed E-state index contributed by atoms with van der Waals surface area (Å²) in [5.74, 6) is -0.551. The number of carbonyl (C=O) groups excluding carboxylic acids is 1. The third kappa shape index (κ3) is 2.71. The number of amides is 1. The van der Waals surface area contributed by atoms with E-state index in [1.54, 1.807) is 18.2 Å². The van der Waals surface area contributed by atoms with Gasteiger partial charge in [0.05, 0.1) is 11.5 Å². The summed E-state index contributed by atoms with van der Waals surface area (Å²) < 4.78 is 13.9. The molecule has 1 atom stereocenters. The van der Waals surface area contributed by atoms with Crippen molar-refractivity contribution < 1.29 is 14.3 Å². The van der Waals surface area contributed by atoms with Crippen LogP contribution in [0, 0.1) is 5.82 Å². The summed E-state index contributed by atoms with van der Waals surface area (Å²) in [4.78, 5) is 12.4. The van der Waals surface area contributed by atoms with Crippen molar-refractivity contribution in [2.75, 3.05) is 6.54 Å². The number of hydrogen-bond donors (Lipinski definition) is 2. The van der Waals surface area contributed by atoms with Gasteiger partial charge in [-0.25, -0.2) is 4.39 Å². The Labute approximate surface area is 126 Å². The lowest BCUT2D eigenvalue weighted by Crippen LogP contribution is -2.37. The van der Waals surface area contributed by atoms with E-state index >= 15 is 0 Å². The predicted octanol–water partition coefficient (Wildman–Crippen LogP) is 2.77. The number of thiophene rings is 1. The highest BCUT2D eigenvalue weighted by Gasteiger charge is 2.52. The number of rotatable bonds is 5. The zero-order valence-electron chi connectivity index (χ0n) is 11.4. The Morgan fingerprint density at radius 1 is 1.38 bits per heavy atom. The summed E-state index contributed by atoms with van der Waals surface area (Å²) in [6, 6.07) is 8.23. The van der Waals surface area contributed by atoms with E-state index in [0.717, 1.165) is 5.56 Å². The number of halogens is 1. The summed E-state index contributed by atoms with van der Waals surface area (Å²) in [5.41, 5.74) is 0.489. The summed E-state index contributed by atoms with van der Waals surface area (Å²) in [6.07, 6.45) is 0.569. The summed E-state index contributed by atoms with van der Waals surface area (Å²) in [5, 5.41) is 16.5. The maximum Gasteiger partial charge on any atom is 0.230 e. The monoisotopic (exact) mass is 305 g/mol. The van der Waals surface area contributed by atoms with Crippen molar-refractivity contribution in [3.05, 3.63) is 58.0 Å². The quantitative estimate of drug-likeness (QED) is 0.892. The second-order valence-corrected chi connectivity index (χ2v) is 6.12. The highest BCUT2D eigenvalue weighted by Crippen LogP contribution is 2.49. The van der Waals surface area contributed by atoms with Gasteiger partial charge >= 0.3 is 0 Å². The number of benzene rings is 1. The molecule has 3 rings (SSSR count). The highest BCUT2D eigenvalue weighted by molar-refractivity contribution is 7.07. The molecule has 1 aliphatic rings. The molecular weight excluding hydrogens is 289 g/mol. The minimum absolute atomic E-state index is 0.145. The first-order valence-electron chi connectivity index (χ1n) is 6.87. The molecule has 1 fully saturated rings. The molecule has 5 heteroatoms. The third-order valence-electron chi connectivity index (χ3n) is 3.96. The predicted molar refractivity (Wildman–Crippen MR) is 79.6 cm³/mol. The molecule has 0 aliphatic heterocycles. The van der Waals surface area contributed by atoms with Crippen molar-refractivity contribution in [3.8, 4) is 0 Å². The molecule has 1 aliphatic carbocycles. The maximum absolute atomic E-state index is 13.9. The fourth-order valence-electron chi connectivity index (χ4n) is 2.53. The normalized spacial score (nSPS) is 17.2. The molecule has 21 heavy (non-hydrogen) atoms. The van der Waals surface area contributed by atoms with Crippen LogP contribution < -0.4 is 5.32 Å². The van der Waals surface area contributed by atoms with Gasteiger partial charge in [-0.15, -0.1) is 0 Å². The van der Waals surface area contributed by atoms with Crippen LogP contribution in [0.3, 0.4) is 0 Å². The minimum atomic E-state index is -0.750. The molecule has 0 radical (unpaired) electrons. The molecule has 110 valence electrons. The molecule has 1 saturated carbocycles. The lowest BCUT2D eigenvalue weighted by atomic mass is 9.94. The summed E-state index contributed by atoms with van der Waals surface area (Å²) in [7, 11) is 0.